The van der Waals surface area contributed by atoms with Crippen LogP contribution in [0.5, 0.6) is 0 Å². The number of aliphatic hydroxyl groups is 1. The molecule has 22 heavy (non-hydrogen) atoms. The average Bonchev–Trinajstić information content (AvgIpc) is 2.77. The molecule has 0 saturated carbocycles. The van der Waals surface area contributed by atoms with Crippen LogP contribution in [0.1, 0.15) is 22.2 Å². The number of H-pyrrole nitrogens is 1. The smallest absolute Gasteiger partial charge is 0.225 e. The lowest BCUT2D eigenvalue weighted by molar-refractivity contribution is -0.121. The molecule has 0 fully saturated rings. The molecule has 0 unspecified atom stereocenters. The summed E-state index contributed by atoms with van der Waals surface area (Å²) in [5, 5.41) is 12.1. The Morgan fingerprint density at radius 1 is 1.59 bits per heavy atom. The minimum Gasteiger partial charge on any atom is -0.394 e. The number of carbonyl (C=O) groups excluding carboxylic acids is 1. The van der Waals surface area contributed by atoms with Crippen molar-refractivity contribution in [1.29, 1.82) is 0 Å². The number of aromatic nitrogens is 1. The molecule has 1 aromatic carbocycles. The van der Waals surface area contributed by atoms with E-state index >= 15 is 0 Å². The third kappa shape index (κ3) is 4.13. The molecule has 8 heteroatoms. The third-order valence-electron chi connectivity index (χ3n) is 3.11. The van der Waals surface area contributed by atoms with Crippen LogP contribution in [-0.2, 0) is 11.2 Å². The van der Waals surface area contributed by atoms with Crippen LogP contribution in [0.15, 0.2) is 18.2 Å². The van der Waals surface area contributed by atoms with Gasteiger partial charge in [-0.25, -0.2) is 4.39 Å². The highest BCUT2D eigenvalue weighted by Gasteiger charge is 2.17. The number of thiazole rings is 1. The van der Waals surface area contributed by atoms with Gasteiger partial charge >= 0.3 is 0 Å². The molecule has 1 heterocycles. The first-order chi connectivity index (χ1) is 10.4. The van der Waals surface area contributed by atoms with Gasteiger partial charge in [-0.3, -0.25) is 4.79 Å². The molecule has 0 bridgehead atoms. The summed E-state index contributed by atoms with van der Waals surface area (Å²) in [7, 11) is 0. The van der Waals surface area contributed by atoms with E-state index in [1.807, 2.05) is 6.92 Å². The van der Waals surface area contributed by atoms with Crippen molar-refractivity contribution < 1.29 is 14.3 Å². The Morgan fingerprint density at radius 3 is 2.86 bits per heavy atom. The number of nitrogens with one attached hydrogen (secondary N) is 2. The molecule has 0 radical (unpaired) electrons. The standard InChI is InChI=1S/C14H14ClFN2O2S2/c1-7-12(22-14(21)17-7)5-13(20)18-11(6-19)8-2-3-9(15)10(16)4-8/h2-4,11,19H,5-6H2,1H3,(H,17,21)(H,18,20)/t11-/m0/s1. The molecule has 1 atom stereocenters. The molecule has 0 aliphatic heterocycles. The second-order valence-electron chi connectivity index (χ2n) is 4.72. The quantitative estimate of drug-likeness (QED) is 0.717. The van der Waals surface area contributed by atoms with Gasteiger partial charge in [0, 0.05) is 10.6 Å². The molecule has 0 spiro atoms. The van der Waals surface area contributed by atoms with Crippen molar-refractivity contribution in [2.24, 2.45) is 0 Å². The van der Waals surface area contributed by atoms with Crippen molar-refractivity contribution in [3.63, 3.8) is 0 Å². The summed E-state index contributed by atoms with van der Waals surface area (Å²) in [6.07, 6.45) is 0.149. The van der Waals surface area contributed by atoms with Crippen molar-refractivity contribution in [3.8, 4) is 0 Å². The molecule has 0 aliphatic rings. The molecule has 4 nitrogen and oxygen atoms in total. The largest absolute Gasteiger partial charge is 0.394 e. The first-order valence-corrected chi connectivity index (χ1v) is 8.04. The number of amides is 1. The van der Waals surface area contributed by atoms with Crippen molar-refractivity contribution in [1.82, 2.24) is 10.3 Å². The first kappa shape index (κ1) is 17.1. The summed E-state index contributed by atoms with van der Waals surface area (Å²) in [6, 6.07) is 3.47. The van der Waals surface area contributed by atoms with Gasteiger partial charge in [-0.2, -0.15) is 0 Å². The van der Waals surface area contributed by atoms with Crippen LogP contribution in [0.4, 0.5) is 4.39 Å². The van der Waals surface area contributed by atoms with Gasteiger partial charge in [0.05, 0.1) is 24.1 Å². The molecule has 1 aromatic heterocycles. The summed E-state index contributed by atoms with van der Waals surface area (Å²) in [5.41, 5.74) is 1.31. The zero-order chi connectivity index (χ0) is 16.3. The second kappa shape index (κ2) is 7.32. The van der Waals surface area contributed by atoms with Gasteiger partial charge in [-0.1, -0.05) is 17.7 Å². The van der Waals surface area contributed by atoms with E-state index in [0.717, 1.165) is 10.6 Å². The number of hydrogen-bond acceptors (Lipinski definition) is 4. The number of rotatable bonds is 5. The number of benzene rings is 1. The molecule has 2 aromatic rings. The van der Waals surface area contributed by atoms with Crippen LogP contribution in [0, 0.1) is 16.7 Å². The summed E-state index contributed by atoms with van der Waals surface area (Å²) < 4.78 is 14.1. The number of aliphatic hydroxyl groups excluding tert-OH is 1. The van der Waals surface area contributed by atoms with E-state index in [1.165, 1.54) is 23.5 Å². The van der Waals surface area contributed by atoms with E-state index in [9.17, 15) is 14.3 Å². The van der Waals surface area contributed by atoms with Gasteiger partial charge in [0.2, 0.25) is 5.91 Å². The first-order valence-electron chi connectivity index (χ1n) is 6.44. The van der Waals surface area contributed by atoms with Crippen LogP contribution in [0.25, 0.3) is 0 Å². The van der Waals surface area contributed by atoms with Crippen LogP contribution >= 0.6 is 35.2 Å². The molecule has 3 N–H and O–H groups in total. The Labute approximate surface area is 141 Å². The Bertz CT molecular complexity index is 745. The van der Waals surface area contributed by atoms with E-state index in [4.69, 9.17) is 23.8 Å². The highest BCUT2D eigenvalue weighted by atomic mass is 35.5. The molecular formula is C14H14ClFN2O2S2. The Hall–Kier alpha value is -1.28. The summed E-state index contributed by atoms with van der Waals surface area (Å²) in [6.45, 7) is 1.50. The van der Waals surface area contributed by atoms with E-state index in [0.29, 0.717) is 9.52 Å². The average molecular weight is 361 g/mol. The zero-order valence-electron chi connectivity index (χ0n) is 11.7. The number of aryl methyl sites for hydroxylation is 1. The molecule has 2 rings (SSSR count). The van der Waals surface area contributed by atoms with Crippen LogP contribution in [-0.4, -0.2) is 22.6 Å². The maximum absolute atomic E-state index is 13.5. The van der Waals surface area contributed by atoms with Gasteiger partial charge in [-0.05, 0) is 36.8 Å². The lowest BCUT2D eigenvalue weighted by Gasteiger charge is -2.17. The van der Waals surface area contributed by atoms with Crippen molar-refractivity contribution in [2.75, 3.05) is 6.61 Å². The Morgan fingerprint density at radius 2 is 2.32 bits per heavy atom. The minimum absolute atomic E-state index is 0.00510. The van der Waals surface area contributed by atoms with Crippen molar-refractivity contribution in [3.05, 3.63) is 49.1 Å². The second-order valence-corrected chi connectivity index (χ2v) is 6.89. The number of aromatic amines is 1. The predicted octanol–water partition coefficient (Wildman–Crippen LogP) is 3.30. The van der Waals surface area contributed by atoms with Gasteiger partial charge in [0.15, 0.2) is 3.95 Å². The lowest BCUT2D eigenvalue weighted by Crippen LogP contribution is -2.32. The third-order valence-corrected chi connectivity index (χ3v) is 4.75. The van der Waals surface area contributed by atoms with E-state index < -0.39 is 11.9 Å². The highest BCUT2D eigenvalue weighted by molar-refractivity contribution is 7.73. The Balaban J connectivity index is 2.09. The zero-order valence-corrected chi connectivity index (χ0v) is 14.0. The molecular weight excluding hydrogens is 347 g/mol. The van der Waals surface area contributed by atoms with Crippen molar-refractivity contribution >= 4 is 41.1 Å². The maximum Gasteiger partial charge on any atom is 0.225 e. The predicted molar refractivity (Wildman–Crippen MR) is 87.3 cm³/mol. The summed E-state index contributed by atoms with van der Waals surface area (Å²) >= 11 is 12.0. The van der Waals surface area contributed by atoms with Gasteiger partial charge in [0.25, 0.3) is 0 Å². The SMILES string of the molecule is Cc1[nH]c(=S)sc1CC(=O)N[C@@H](CO)c1ccc(Cl)c(F)c1. The summed E-state index contributed by atoms with van der Waals surface area (Å²) in [5.74, 6) is -0.867. The number of carbonyl (C=O) groups is 1. The normalized spacial score (nSPS) is 12.2. The number of halogens is 2. The lowest BCUT2D eigenvalue weighted by atomic mass is 10.1. The minimum atomic E-state index is -0.688. The van der Waals surface area contributed by atoms with Crippen LogP contribution in [0.3, 0.4) is 0 Å². The van der Waals surface area contributed by atoms with Crippen LogP contribution < -0.4 is 5.32 Å². The fourth-order valence-corrected chi connectivity index (χ4v) is 3.37. The molecule has 0 saturated heterocycles. The van der Waals surface area contributed by atoms with Gasteiger partial charge in [0.1, 0.15) is 5.82 Å². The fourth-order valence-electron chi connectivity index (χ4n) is 1.96. The highest BCUT2D eigenvalue weighted by Crippen LogP contribution is 2.21. The molecule has 118 valence electrons. The maximum atomic E-state index is 13.5. The molecule has 1 amide bonds. The van der Waals surface area contributed by atoms with Gasteiger partial charge in [-0.15, -0.1) is 11.3 Å². The van der Waals surface area contributed by atoms with Crippen molar-refractivity contribution in [2.45, 2.75) is 19.4 Å². The van der Waals surface area contributed by atoms with E-state index in [2.05, 4.69) is 10.3 Å². The molecule has 0 aliphatic carbocycles. The van der Waals surface area contributed by atoms with E-state index in [1.54, 1.807) is 6.07 Å². The van der Waals surface area contributed by atoms with Crippen LogP contribution in [0.2, 0.25) is 5.02 Å². The number of hydrogen-bond donors (Lipinski definition) is 3. The monoisotopic (exact) mass is 360 g/mol. The topological polar surface area (TPSA) is 65.1 Å². The van der Waals surface area contributed by atoms with E-state index in [-0.39, 0.29) is 24.0 Å². The fraction of sp³-hybridized carbons (Fsp3) is 0.286. The Kier molecular flexibility index (Phi) is 5.69. The van der Waals surface area contributed by atoms with Gasteiger partial charge < -0.3 is 15.4 Å². The summed E-state index contributed by atoms with van der Waals surface area (Å²) in [4.78, 5) is 15.9.